The first-order valence-electron chi connectivity index (χ1n) is 9.63. The van der Waals surface area contributed by atoms with Gasteiger partial charge < -0.3 is 10.1 Å². The molecule has 0 aromatic heterocycles. The Kier molecular flexibility index (Phi) is 6.68. The SMILES string of the molecule is C=CS(=O)(=O)NC[C@H]1CCN(S(=O)(=O)c2ccc(CC(=O)NC3(C)COC3)cc2)C1. The monoisotopic (exact) mass is 457 g/mol. The van der Waals surface area contributed by atoms with Gasteiger partial charge in [-0.15, -0.1) is 0 Å². The van der Waals surface area contributed by atoms with Crippen LogP contribution in [0.15, 0.2) is 41.1 Å². The van der Waals surface area contributed by atoms with Crippen LogP contribution < -0.4 is 10.0 Å². The van der Waals surface area contributed by atoms with E-state index in [0.717, 1.165) is 5.41 Å². The van der Waals surface area contributed by atoms with Crippen molar-refractivity contribution in [1.82, 2.24) is 14.3 Å². The molecule has 11 heteroatoms. The number of benzene rings is 1. The van der Waals surface area contributed by atoms with Crippen molar-refractivity contribution in [1.29, 1.82) is 0 Å². The first-order chi connectivity index (χ1) is 14.0. The summed E-state index contributed by atoms with van der Waals surface area (Å²) in [7, 11) is -7.21. The van der Waals surface area contributed by atoms with Crippen molar-refractivity contribution >= 4 is 26.0 Å². The van der Waals surface area contributed by atoms with Gasteiger partial charge in [0.05, 0.1) is 30.1 Å². The summed E-state index contributed by atoms with van der Waals surface area (Å²) in [4.78, 5) is 12.3. The number of nitrogens with one attached hydrogen (secondary N) is 2. The number of sulfonamides is 2. The average Bonchev–Trinajstić information content (AvgIpc) is 3.16. The Hall–Kier alpha value is -1.79. The van der Waals surface area contributed by atoms with Gasteiger partial charge in [0.15, 0.2) is 0 Å². The van der Waals surface area contributed by atoms with Crippen molar-refractivity contribution in [3.63, 3.8) is 0 Å². The van der Waals surface area contributed by atoms with E-state index < -0.39 is 20.0 Å². The van der Waals surface area contributed by atoms with E-state index in [9.17, 15) is 21.6 Å². The van der Waals surface area contributed by atoms with Crippen LogP contribution in [0, 0.1) is 5.92 Å². The molecule has 2 aliphatic heterocycles. The van der Waals surface area contributed by atoms with Gasteiger partial charge in [0.2, 0.25) is 26.0 Å². The molecule has 2 heterocycles. The highest BCUT2D eigenvalue weighted by atomic mass is 32.2. The van der Waals surface area contributed by atoms with E-state index in [1.165, 1.54) is 16.4 Å². The fourth-order valence-electron chi connectivity index (χ4n) is 3.45. The summed E-state index contributed by atoms with van der Waals surface area (Å²) in [6.07, 6.45) is 0.727. The van der Waals surface area contributed by atoms with E-state index >= 15 is 0 Å². The summed E-state index contributed by atoms with van der Waals surface area (Å²) in [6, 6.07) is 6.27. The zero-order valence-corrected chi connectivity index (χ0v) is 18.5. The second kappa shape index (κ2) is 8.75. The van der Waals surface area contributed by atoms with Gasteiger partial charge >= 0.3 is 0 Å². The molecule has 0 aliphatic carbocycles. The van der Waals surface area contributed by atoms with Crippen molar-refractivity contribution in [3.05, 3.63) is 41.8 Å². The lowest BCUT2D eigenvalue weighted by Gasteiger charge is -2.38. The summed E-state index contributed by atoms with van der Waals surface area (Å²) in [6.45, 7) is 6.86. The number of ether oxygens (including phenoxy) is 1. The molecule has 2 saturated heterocycles. The molecule has 0 bridgehead atoms. The third-order valence-corrected chi connectivity index (χ3v) is 8.14. The highest BCUT2D eigenvalue weighted by molar-refractivity contribution is 7.92. The Morgan fingerprint density at radius 1 is 1.27 bits per heavy atom. The maximum Gasteiger partial charge on any atom is 0.243 e. The van der Waals surface area contributed by atoms with Gasteiger partial charge in [0.25, 0.3) is 0 Å². The van der Waals surface area contributed by atoms with Gasteiger partial charge in [-0.1, -0.05) is 18.7 Å². The number of carbonyl (C=O) groups is 1. The molecule has 2 N–H and O–H groups in total. The molecule has 166 valence electrons. The fraction of sp³-hybridized carbons (Fsp3) is 0.526. The quantitative estimate of drug-likeness (QED) is 0.547. The summed E-state index contributed by atoms with van der Waals surface area (Å²) in [5, 5.41) is 3.75. The predicted molar refractivity (Wildman–Crippen MR) is 111 cm³/mol. The van der Waals surface area contributed by atoms with E-state index in [-0.39, 0.29) is 41.8 Å². The summed E-state index contributed by atoms with van der Waals surface area (Å²) < 4.78 is 57.6. The first-order valence-corrected chi connectivity index (χ1v) is 12.6. The van der Waals surface area contributed by atoms with Gasteiger partial charge in [-0.2, -0.15) is 4.31 Å². The Balaban J connectivity index is 1.57. The predicted octanol–water partition coefficient (Wildman–Crippen LogP) is 0.208. The Morgan fingerprint density at radius 2 is 1.93 bits per heavy atom. The molecular formula is C19H27N3O6S2. The highest BCUT2D eigenvalue weighted by Crippen LogP contribution is 2.24. The van der Waals surface area contributed by atoms with E-state index in [1.807, 2.05) is 6.92 Å². The highest BCUT2D eigenvalue weighted by Gasteiger charge is 2.35. The zero-order chi connectivity index (χ0) is 22.0. The number of hydrogen-bond acceptors (Lipinski definition) is 6. The van der Waals surface area contributed by atoms with E-state index in [0.29, 0.717) is 31.7 Å². The van der Waals surface area contributed by atoms with E-state index in [2.05, 4.69) is 16.6 Å². The largest absolute Gasteiger partial charge is 0.376 e. The Bertz CT molecular complexity index is 1000. The molecule has 0 radical (unpaired) electrons. The minimum absolute atomic E-state index is 0.102. The van der Waals surface area contributed by atoms with Crippen LogP contribution in [0.5, 0.6) is 0 Å². The summed E-state index contributed by atoms with van der Waals surface area (Å²) in [5.74, 6) is -0.241. The zero-order valence-electron chi connectivity index (χ0n) is 16.8. The maximum absolute atomic E-state index is 12.9. The van der Waals surface area contributed by atoms with Crippen molar-refractivity contribution < 1.29 is 26.4 Å². The Morgan fingerprint density at radius 3 is 2.50 bits per heavy atom. The van der Waals surface area contributed by atoms with Crippen molar-refractivity contribution in [3.8, 4) is 0 Å². The van der Waals surface area contributed by atoms with Crippen molar-refractivity contribution in [2.45, 2.75) is 30.2 Å². The molecular weight excluding hydrogens is 430 g/mol. The van der Waals surface area contributed by atoms with Crippen molar-refractivity contribution in [2.75, 3.05) is 32.8 Å². The first kappa shape index (κ1) is 22.9. The van der Waals surface area contributed by atoms with Crippen LogP contribution in [0.3, 0.4) is 0 Å². The number of nitrogens with zero attached hydrogens (tertiary/aromatic N) is 1. The molecule has 2 fully saturated rings. The van der Waals surface area contributed by atoms with Crippen LogP contribution in [0.25, 0.3) is 0 Å². The lowest BCUT2D eigenvalue weighted by atomic mass is 10.00. The molecule has 9 nitrogen and oxygen atoms in total. The molecule has 0 spiro atoms. The molecule has 30 heavy (non-hydrogen) atoms. The topological polar surface area (TPSA) is 122 Å². The number of amides is 1. The van der Waals surface area contributed by atoms with Crippen LogP contribution >= 0.6 is 0 Å². The number of rotatable bonds is 9. The smallest absolute Gasteiger partial charge is 0.243 e. The van der Waals surface area contributed by atoms with Crippen LogP contribution in [-0.4, -0.2) is 65.4 Å². The molecule has 3 rings (SSSR count). The second-order valence-corrected chi connectivity index (χ2v) is 11.7. The lowest BCUT2D eigenvalue weighted by molar-refractivity contribution is -0.130. The molecule has 1 aromatic rings. The summed E-state index contributed by atoms with van der Waals surface area (Å²) in [5.41, 5.74) is 0.389. The lowest BCUT2D eigenvalue weighted by Crippen LogP contribution is -2.60. The van der Waals surface area contributed by atoms with E-state index in [1.54, 1.807) is 12.1 Å². The second-order valence-electron chi connectivity index (χ2n) is 8.00. The van der Waals surface area contributed by atoms with Crippen LogP contribution in [0.4, 0.5) is 0 Å². The standard InChI is InChI=1S/C19H27N3O6S2/c1-3-29(24,25)20-11-16-8-9-22(12-16)30(26,27)17-6-4-15(5-7-17)10-18(23)21-19(2)13-28-14-19/h3-7,16,20H,1,8-14H2,2H3,(H,21,23)/t16-/m1/s1. The normalized spacial score (nSPS) is 21.7. The third-order valence-electron chi connectivity index (χ3n) is 5.25. The van der Waals surface area contributed by atoms with Crippen LogP contribution in [-0.2, 0) is 36.0 Å². The molecule has 1 amide bonds. The molecule has 1 aromatic carbocycles. The van der Waals surface area contributed by atoms with Crippen LogP contribution in [0.1, 0.15) is 18.9 Å². The molecule has 0 saturated carbocycles. The van der Waals surface area contributed by atoms with Crippen molar-refractivity contribution in [2.24, 2.45) is 5.92 Å². The van der Waals surface area contributed by atoms with E-state index in [4.69, 9.17) is 4.74 Å². The number of carbonyl (C=O) groups excluding carboxylic acids is 1. The van der Waals surface area contributed by atoms with Gasteiger partial charge in [0.1, 0.15) is 0 Å². The van der Waals surface area contributed by atoms with Crippen LogP contribution in [0.2, 0.25) is 0 Å². The molecule has 2 aliphatic rings. The third kappa shape index (κ3) is 5.46. The maximum atomic E-state index is 12.9. The summed E-state index contributed by atoms with van der Waals surface area (Å²) >= 11 is 0. The minimum Gasteiger partial charge on any atom is -0.376 e. The molecule has 1 atom stereocenters. The molecule has 0 unspecified atom stereocenters. The van der Waals surface area contributed by atoms with Gasteiger partial charge in [-0.25, -0.2) is 21.6 Å². The fourth-order valence-corrected chi connectivity index (χ4v) is 5.57. The number of hydrogen-bond donors (Lipinski definition) is 2. The van der Waals surface area contributed by atoms with Gasteiger partial charge in [-0.05, 0) is 37.0 Å². The van der Waals surface area contributed by atoms with Gasteiger partial charge in [0, 0.05) is 25.0 Å². The van der Waals surface area contributed by atoms with Gasteiger partial charge in [-0.3, -0.25) is 4.79 Å². The minimum atomic E-state index is -3.68. The Labute approximate surface area is 177 Å². The average molecular weight is 458 g/mol.